The maximum atomic E-state index is 13.2. The molecule has 0 saturated carbocycles. The maximum absolute atomic E-state index is 13.2. The summed E-state index contributed by atoms with van der Waals surface area (Å²) >= 11 is 0. The molecular formula is C44H45N3O7. The number of aliphatic hydroxyl groups is 1. The average molecular weight is 728 g/mol. The number of carbonyl (C=O) groups excluding carboxylic acids is 3. The van der Waals surface area contributed by atoms with Gasteiger partial charge in [0.2, 0.25) is 5.91 Å². The molecule has 5 aromatic rings. The summed E-state index contributed by atoms with van der Waals surface area (Å²) in [5.74, 6) is -0.837. The summed E-state index contributed by atoms with van der Waals surface area (Å²) in [7, 11) is 2.11. The Labute approximate surface area is 315 Å². The van der Waals surface area contributed by atoms with Crippen molar-refractivity contribution >= 4 is 28.7 Å². The molecule has 278 valence electrons. The monoisotopic (exact) mass is 727 g/mol. The highest BCUT2D eigenvalue weighted by atomic mass is 16.7. The fourth-order valence-electron chi connectivity index (χ4n) is 7.07. The number of ether oxygens (including phenoxy) is 3. The number of likely N-dealkylation sites (tertiary alicyclic amines) is 1. The van der Waals surface area contributed by atoms with E-state index in [1.54, 1.807) is 0 Å². The number of fused-ring (bicyclic) bond motifs is 1. The van der Waals surface area contributed by atoms with Crippen LogP contribution >= 0.6 is 0 Å². The normalized spacial score (nSPS) is 20.7. The lowest BCUT2D eigenvalue weighted by Gasteiger charge is -2.39. The predicted molar refractivity (Wildman–Crippen MR) is 204 cm³/mol. The zero-order chi connectivity index (χ0) is 37.6. The van der Waals surface area contributed by atoms with E-state index in [4.69, 9.17) is 14.2 Å². The first-order valence-corrected chi connectivity index (χ1v) is 18.3. The molecule has 7 rings (SSSR count). The Hall–Kier alpha value is -5.39. The van der Waals surface area contributed by atoms with Crippen LogP contribution in [0.15, 0.2) is 121 Å². The third-order valence-corrected chi connectivity index (χ3v) is 10.4. The van der Waals surface area contributed by atoms with E-state index in [9.17, 15) is 19.5 Å². The summed E-state index contributed by atoms with van der Waals surface area (Å²) in [6, 6.07) is 38.7. The minimum atomic E-state index is -0.980. The van der Waals surface area contributed by atoms with Gasteiger partial charge in [0.1, 0.15) is 12.6 Å². The minimum Gasteiger partial charge on any atom is -0.445 e. The molecule has 0 spiro atoms. The topological polar surface area (TPSA) is 118 Å². The Morgan fingerprint density at radius 3 is 2.28 bits per heavy atom. The second-order valence-electron chi connectivity index (χ2n) is 14.1. The summed E-state index contributed by atoms with van der Waals surface area (Å²) in [5.41, 5.74) is 5.44. The quantitative estimate of drug-likeness (QED) is 0.131. The highest BCUT2D eigenvalue weighted by molar-refractivity contribution is 6.06. The largest absolute Gasteiger partial charge is 0.445 e. The third kappa shape index (κ3) is 8.69. The summed E-state index contributed by atoms with van der Waals surface area (Å²) in [5, 5.41) is 14.6. The van der Waals surface area contributed by atoms with Crippen LogP contribution in [-0.4, -0.2) is 58.6 Å². The van der Waals surface area contributed by atoms with Crippen molar-refractivity contribution in [3.63, 3.8) is 0 Å². The van der Waals surface area contributed by atoms with Gasteiger partial charge < -0.3 is 24.6 Å². The average Bonchev–Trinajstić information content (AvgIpc) is 3.47. The number of likely N-dealkylation sites (N-methyl/N-ethyl adjacent to an activating group) is 1. The lowest BCUT2D eigenvalue weighted by atomic mass is 9.98. The number of aliphatic hydroxyl groups excluding tert-OH is 1. The van der Waals surface area contributed by atoms with E-state index in [0.29, 0.717) is 13.0 Å². The van der Waals surface area contributed by atoms with E-state index >= 15 is 0 Å². The van der Waals surface area contributed by atoms with Crippen LogP contribution in [0.25, 0.3) is 10.8 Å². The fraction of sp³-hybridized carbons (Fsp3) is 0.295. The Bertz CT molecular complexity index is 2070. The Morgan fingerprint density at radius 1 is 0.852 bits per heavy atom. The van der Waals surface area contributed by atoms with Crippen LogP contribution in [0.3, 0.4) is 0 Å². The molecule has 10 heteroatoms. The van der Waals surface area contributed by atoms with Crippen molar-refractivity contribution in [2.24, 2.45) is 0 Å². The molecule has 2 saturated heterocycles. The molecule has 1 unspecified atom stereocenters. The molecule has 0 aromatic heterocycles. The molecule has 3 amide bonds. The molecule has 2 heterocycles. The van der Waals surface area contributed by atoms with E-state index in [0.717, 1.165) is 27.8 Å². The van der Waals surface area contributed by atoms with Gasteiger partial charge >= 0.3 is 6.09 Å². The van der Waals surface area contributed by atoms with Gasteiger partial charge in [-0.15, -0.1) is 0 Å². The molecule has 2 N–H and O–H groups in total. The molecule has 10 nitrogen and oxygen atoms in total. The van der Waals surface area contributed by atoms with Crippen LogP contribution in [0.4, 0.5) is 4.79 Å². The highest BCUT2D eigenvalue weighted by Crippen LogP contribution is 2.39. The molecule has 54 heavy (non-hydrogen) atoms. The fourth-order valence-corrected chi connectivity index (χ4v) is 7.07. The standard InChI is InChI=1S/C44H45N3O7/c1-29(36-21-20-33-10-6-7-11-37(33)22-36)46(2)26-38-23-40(34-16-14-31(27-48)15-17-34)54-43(53-38)35-18-12-30(13-19-35)25-47-41(49)24-39(42(47)50)45-44(51)52-28-32-8-4-3-5-9-32/h3-22,29,38-40,43,48H,23-28H2,1-2H3,(H,45,51)/t29-,38+,39?,40-,43-/m1/s1. The number of carbonyl (C=O) groups is 3. The van der Waals surface area contributed by atoms with Gasteiger partial charge in [0.15, 0.2) is 6.29 Å². The molecular weight excluding hydrogens is 682 g/mol. The number of amides is 3. The van der Waals surface area contributed by atoms with E-state index < -0.39 is 24.3 Å². The Morgan fingerprint density at radius 2 is 1.54 bits per heavy atom. The van der Waals surface area contributed by atoms with Gasteiger partial charge in [-0.25, -0.2) is 4.79 Å². The third-order valence-electron chi connectivity index (χ3n) is 10.4. The van der Waals surface area contributed by atoms with Crippen molar-refractivity contribution in [1.29, 1.82) is 0 Å². The van der Waals surface area contributed by atoms with Crippen molar-refractivity contribution in [2.75, 3.05) is 13.6 Å². The van der Waals surface area contributed by atoms with Gasteiger partial charge in [-0.3, -0.25) is 19.4 Å². The number of benzene rings is 5. The number of imide groups is 1. The zero-order valence-corrected chi connectivity index (χ0v) is 30.5. The number of hydrogen-bond donors (Lipinski definition) is 2. The smallest absolute Gasteiger partial charge is 0.408 e. The molecule has 2 aliphatic rings. The van der Waals surface area contributed by atoms with Crippen molar-refractivity contribution in [1.82, 2.24) is 15.1 Å². The number of nitrogens with one attached hydrogen (secondary N) is 1. The molecule has 0 radical (unpaired) electrons. The molecule has 5 aromatic carbocycles. The molecule has 0 bridgehead atoms. The van der Waals surface area contributed by atoms with Crippen molar-refractivity contribution in [2.45, 2.75) is 70.1 Å². The lowest BCUT2D eigenvalue weighted by molar-refractivity contribution is -0.253. The summed E-state index contributed by atoms with van der Waals surface area (Å²) in [6.45, 7) is 2.98. The van der Waals surface area contributed by atoms with Gasteiger partial charge in [-0.2, -0.15) is 0 Å². The van der Waals surface area contributed by atoms with Crippen LogP contribution in [0, 0.1) is 0 Å². The van der Waals surface area contributed by atoms with E-state index in [1.807, 2.05) is 78.9 Å². The first kappa shape index (κ1) is 36.9. The number of nitrogens with zero attached hydrogens (tertiary/aromatic N) is 2. The number of rotatable bonds is 12. The van der Waals surface area contributed by atoms with E-state index in [2.05, 4.69) is 66.7 Å². The van der Waals surface area contributed by atoms with E-state index in [-0.39, 0.29) is 50.3 Å². The maximum Gasteiger partial charge on any atom is 0.408 e. The highest BCUT2D eigenvalue weighted by Gasteiger charge is 2.40. The summed E-state index contributed by atoms with van der Waals surface area (Å²) in [4.78, 5) is 41.9. The Balaban J connectivity index is 1.01. The van der Waals surface area contributed by atoms with Crippen molar-refractivity contribution < 1.29 is 33.7 Å². The summed E-state index contributed by atoms with van der Waals surface area (Å²) < 4.78 is 18.4. The molecule has 0 aliphatic carbocycles. The van der Waals surface area contributed by atoms with Crippen molar-refractivity contribution in [3.8, 4) is 0 Å². The van der Waals surface area contributed by atoms with Crippen LogP contribution < -0.4 is 5.32 Å². The van der Waals surface area contributed by atoms with Crippen LogP contribution in [0.2, 0.25) is 0 Å². The Kier molecular flexibility index (Phi) is 11.5. The second kappa shape index (κ2) is 16.7. The lowest BCUT2D eigenvalue weighted by Crippen LogP contribution is -2.41. The van der Waals surface area contributed by atoms with Crippen LogP contribution in [0.5, 0.6) is 0 Å². The molecule has 2 fully saturated rings. The first-order chi connectivity index (χ1) is 26.2. The minimum absolute atomic E-state index is 0.0307. The van der Waals surface area contributed by atoms with E-state index in [1.165, 1.54) is 21.2 Å². The first-order valence-electron chi connectivity index (χ1n) is 18.3. The number of hydrogen-bond acceptors (Lipinski definition) is 8. The SMILES string of the molecule is C[C@H](c1ccc2ccccc2c1)N(C)C[C@@H]1C[C@H](c2ccc(CO)cc2)O[C@H](c2ccc(CN3C(=O)CC(NC(=O)OCc4ccccc4)C3=O)cc2)O1. The second-order valence-corrected chi connectivity index (χ2v) is 14.1. The predicted octanol–water partition coefficient (Wildman–Crippen LogP) is 7.12. The molecule has 2 aliphatic heterocycles. The van der Waals surface area contributed by atoms with Gasteiger partial charge in [-0.05, 0) is 58.6 Å². The zero-order valence-electron chi connectivity index (χ0n) is 30.5. The number of alkyl carbamates (subject to hydrolysis) is 1. The van der Waals surface area contributed by atoms with Gasteiger partial charge in [0.25, 0.3) is 5.91 Å². The van der Waals surface area contributed by atoms with Gasteiger partial charge in [-0.1, -0.05) is 115 Å². The van der Waals surface area contributed by atoms with Crippen LogP contribution in [-0.2, 0) is 43.6 Å². The van der Waals surface area contributed by atoms with Gasteiger partial charge in [0, 0.05) is 24.6 Å². The van der Waals surface area contributed by atoms with Crippen LogP contribution in [0.1, 0.15) is 71.6 Å². The van der Waals surface area contributed by atoms with Gasteiger partial charge in [0.05, 0.1) is 31.8 Å². The summed E-state index contributed by atoms with van der Waals surface area (Å²) in [6.07, 6.45) is -1.28. The molecule has 5 atom stereocenters. The van der Waals surface area contributed by atoms with Crippen molar-refractivity contribution in [3.05, 3.63) is 155 Å².